The summed E-state index contributed by atoms with van der Waals surface area (Å²) in [5, 5.41) is 0. The lowest BCUT2D eigenvalue weighted by atomic mass is 10.0. The van der Waals surface area contributed by atoms with Crippen molar-refractivity contribution in [3.8, 4) is 5.75 Å². The molecule has 1 heterocycles. The number of hydrogen-bond donors (Lipinski definition) is 1. The van der Waals surface area contributed by atoms with Crippen molar-refractivity contribution in [2.75, 3.05) is 7.11 Å². The predicted molar refractivity (Wildman–Crippen MR) is 87.7 cm³/mol. The van der Waals surface area contributed by atoms with Crippen LogP contribution in [0.15, 0.2) is 28.7 Å². The maximum absolute atomic E-state index is 6.40. The molecular weight excluding hydrogens is 334 g/mol. The quantitative estimate of drug-likeness (QED) is 0.893. The molecule has 0 saturated heterocycles. The summed E-state index contributed by atoms with van der Waals surface area (Å²) < 4.78 is 6.38. The van der Waals surface area contributed by atoms with Crippen LogP contribution in [0.4, 0.5) is 0 Å². The van der Waals surface area contributed by atoms with E-state index in [0.717, 1.165) is 16.6 Å². The van der Waals surface area contributed by atoms with E-state index in [1.54, 1.807) is 12.0 Å². The van der Waals surface area contributed by atoms with Crippen molar-refractivity contribution in [2.45, 2.75) is 31.7 Å². The van der Waals surface area contributed by atoms with Gasteiger partial charge in [0.1, 0.15) is 5.75 Å². The van der Waals surface area contributed by atoms with Crippen LogP contribution in [-0.4, -0.2) is 7.11 Å². The van der Waals surface area contributed by atoms with Crippen LogP contribution in [0.5, 0.6) is 5.75 Å². The van der Waals surface area contributed by atoms with Crippen LogP contribution in [0.3, 0.4) is 0 Å². The molecule has 0 spiro atoms. The highest BCUT2D eigenvalue weighted by Crippen LogP contribution is 2.35. The first-order chi connectivity index (χ1) is 9.67. The zero-order chi connectivity index (χ0) is 14.1. The fourth-order valence-corrected chi connectivity index (χ4v) is 4.37. The number of ether oxygens (including phenoxy) is 1. The normalized spacial score (nSPS) is 15.2. The summed E-state index contributed by atoms with van der Waals surface area (Å²) in [6.07, 6.45) is 4.59. The summed E-state index contributed by atoms with van der Waals surface area (Å²) >= 11 is 5.49. The van der Waals surface area contributed by atoms with Gasteiger partial charge in [-0.3, -0.25) is 0 Å². The highest BCUT2D eigenvalue weighted by molar-refractivity contribution is 9.10. The number of methoxy groups -OCH3 is 1. The number of hydrogen-bond acceptors (Lipinski definition) is 3. The Kier molecular flexibility index (Phi) is 4.15. The molecule has 20 heavy (non-hydrogen) atoms. The lowest BCUT2D eigenvalue weighted by Crippen LogP contribution is -2.12. The minimum Gasteiger partial charge on any atom is -0.497 e. The molecule has 1 aliphatic carbocycles. The molecule has 0 bridgehead atoms. The van der Waals surface area contributed by atoms with Gasteiger partial charge in [-0.15, -0.1) is 11.3 Å². The summed E-state index contributed by atoms with van der Waals surface area (Å²) in [5.74, 6) is 0.879. The van der Waals surface area contributed by atoms with Gasteiger partial charge in [0.2, 0.25) is 0 Å². The third-order valence-electron chi connectivity index (χ3n) is 3.82. The Morgan fingerprint density at radius 3 is 2.95 bits per heavy atom. The molecule has 2 N–H and O–H groups in total. The second-order valence-electron chi connectivity index (χ2n) is 5.22. The van der Waals surface area contributed by atoms with Crippen LogP contribution in [0.1, 0.15) is 33.3 Å². The van der Waals surface area contributed by atoms with Crippen molar-refractivity contribution in [3.63, 3.8) is 0 Å². The molecule has 0 amide bonds. The van der Waals surface area contributed by atoms with Gasteiger partial charge in [0.25, 0.3) is 0 Å². The molecule has 0 radical (unpaired) electrons. The van der Waals surface area contributed by atoms with E-state index >= 15 is 0 Å². The van der Waals surface area contributed by atoms with E-state index in [1.807, 2.05) is 23.5 Å². The average Bonchev–Trinajstić information content (AvgIpc) is 3.02. The Balaban J connectivity index is 1.79. The van der Waals surface area contributed by atoms with E-state index in [9.17, 15) is 0 Å². The summed E-state index contributed by atoms with van der Waals surface area (Å²) in [7, 11) is 1.69. The van der Waals surface area contributed by atoms with Crippen LogP contribution < -0.4 is 10.5 Å². The Morgan fingerprint density at radius 2 is 2.20 bits per heavy atom. The van der Waals surface area contributed by atoms with E-state index in [4.69, 9.17) is 10.5 Å². The van der Waals surface area contributed by atoms with Gasteiger partial charge in [-0.2, -0.15) is 0 Å². The Hall–Kier alpha value is -0.840. The maximum Gasteiger partial charge on any atom is 0.119 e. The second kappa shape index (κ2) is 5.88. The maximum atomic E-state index is 6.40. The largest absolute Gasteiger partial charge is 0.497 e. The van der Waals surface area contributed by atoms with Crippen molar-refractivity contribution in [1.29, 1.82) is 0 Å². The van der Waals surface area contributed by atoms with E-state index in [-0.39, 0.29) is 6.04 Å². The average molecular weight is 352 g/mol. The molecule has 4 heteroatoms. The molecule has 1 aromatic carbocycles. The van der Waals surface area contributed by atoms with E-state index in [2.05, 4.69) is 28.1 Å². The van der Waals surface area contributed by atoms with Gasteiger partial charge in [0.15, 0.2) is 0 Å². The number of benzene rings is 1. The van der Waals surface area contributed by atoms with Gasteiger partial charge in [-0.05, 0) is 61.1 Å². The van der Waals surface area contributed by atoms with Crippen molar-refractivity contribution >= 4 is 27.3 Å². The molecule has 0 aliphatic heterocycles. The molecule has 1 unspecified atom stereocenters. The summed E-state index contributed by atoms with van der Waals surface area (Å²) in [5.41, 5.74) is 9.12. The SMILES string of the molecule is COc1ccc(Br)c(CC(N)c2cc3c(s2)CCC3)c1. The van der Waals surface area contributed by atoms with Crippen molar-refractivity contribution in [2.24, 2.45) is 5.73 Å². The Morgan fingerprint density at radius 1 is 1.35 bits per heavy atom. The van der Waals surface area contributed by atoms with E-state index in [0.29, 0.717) is 0 Å². The number of nitrogens with two attached hydrogens (primary N) is 1. The fourth-order valence-electron chi connectivity index (χ4n) is 2.71. The topological polar surface area (TPSA) is 35.2 Å². The molecule has 2 aromatic rings. The molecule has 3 rings (SSSR count). The van der Waals surface area contributed by atoms with Crippen LogP contribution in [0.2, 0.25) is 0 Å². The molecule has 1 atom stereocenters. The van der Waals surface area contributed by atoms with Crippen molar-refractivity contribution in [1.82, 2.24) is 0 Å². The highest BCUT2D eigenvalue weighted by Gasteiger charge is 2.19. The monoisotopic (exact) mass is 351 g/mol. The predicted octanol–water partition coefficient (Wildman–Crippen LogP) is 4.25. The van der Waals surface area contributed by atoms with E-state index in [1.165, 1.54) is 35.3 Å². The van der Waals surface area contributed by atoms with Crippen molar-refractivity contribution < 1.29 is 4.74 Å². The number of aryl methyl sites for hydroxylation is 2. The number of halogens is 1. The molecule has 1 aromatic heterocycles. The van der Waals surface area contributed by atoms with Gasteiger partial charge in [-0.1, -0.05) is 15.9 Å². The first-order valence-corrected chi connectivity index (χ1v) is 8.48. The molecule has 0 fully saturated rings. The van der Waals surface area contributed by atoms with Crippen LogP contribution in [-0.2, 0) is 19.3 Å². The molecule has 106 valence electrons. The smallest absolute Gasteiger partial charge is 0.119 e. The zero-order valence-corrected chi connectivity index (χ0v) is 13.9. The Bertz CT molecular complexity index is 601. The van der Waals surface area contributed by atoms with Gasteiger partial charge in [0.05, 0.1) is 7.11 Å². The van der Waals surface area contributed by atoms with Gasteiger partial charge >= 0.3 is 0 Å². The molecule has 2 nitrogen and oxygen atoms in total. The first kappa shape index (κ1) is 14.1. The van der Waals surface area contributed by atoms with Gasteiger partial charge in [0, 0.05) is 20.3 Å². The number of thiophene rings is 1. The fraction of sp³-hybridized carbons (Fsp3) is 0.375. The third kappa shape index (κ3) is 2.78. The van der Waals surface area contributed by atoms with Gasteiger partial charge in [-0.25, -0.2) is 0 Å². The molecular formula is C16H18BrNOS. The molecule has 0 saturated carbocycles. The Labute approximate surface area is 132 Å². The minimum absolute atomic E-state index is 0.0639. The summed E-state index contributed by atoms with van der Waals surface area (Å²) in [6.45, 7) is 0. The van der Waals surface area contributed by atoms with Gasteiger partial charge < -0.3 is 10.5 Å². The molecule has 1 aliphatic rings. The number of rotatable bonds is 4. The second-order valence-corrected chi connectivity index (χ2v) is 7.24. The lowest BCUT2D eigenvalue weighted by Gasteiger charge is -2.12. The standard InChI is InChI=1S/C16H18BrNOS/c1-19-12-5-6-13(17)11(7-12)8-14(18)16-9-10-3-2-4-15(10)20-16/h5-7,9,14H,2-4,8,18H2,1H3. The summed E-state index contributed by atoms with van der Waals surface area (Å²) in [4.78, 5) is 2.85. The summed E-state index contributed by atoms with van der Waals surface area (Å²) in [6, 6.07) is 8.42. The van der Waals surface area contributed by atoms with Crippen LogP contribution in [0, 0.1) is 0 Å². The van der Waals surface area contributed by atoms with Crippen LogP contribution in [0.25, 0.3) is 0 Å². The third-order valence-corrected chi connectivity index (χ3v) is 5.97. The van der Waals surface area contributed by atoms with E-state index < -0.39 is 0 Å². The lowest BCUT2D eigenvalue weighted by molar-refractivity contribution is 0.414. The van der Waals surface area contributed by atoms with Crippen LogP contribution >= 0.6 is 27.3 Å². The first-order valence-electron chi connectivity index (χ1n) is 6.87. The number of fused-ring (bicyclic) bond motifs is 1. The van der Waals surface area contributed by atoms with Crippen molar-refractivity contribution in [3.05, 3.63) is 49.6 Å². The zero-order valence-electron chi connectivity index (χ0n) is 11.5. The minimum atomic E-state index is 0.0639. The highest BCUT2D eigenvalue weighted by atomic mass is 79.9.